The normalized spacial score (nSPS) is 39.1. The van der Waals surface area contributed by atoms with Gasteiger partial charge in [0.1, 0.15) is 0 Å². The van der Waals surface area contributed by atoms with E-state index >= 15 is 0 Å². The average Bonchev–Trinajstić information content (AvgIpc) is 2.18. The first-order chi connectivity index (χ1) is 6.37. The number of hydrogen-bond donors (Lipinski definition) is 0. The highest BCUT2D eigenvalue weighted by Crippen LogP contribution is 2.53. The van der Waals surface area contributed by atoms with Crippen molar-refractivity contribution in [2.75, 3.05) is 0 Å². The predicted octanol–water partition coefficient (Wildman–Crippen LogP) is 3.69. The zero-order valence-corrected chi connectivity index (χ0v) is 9.89. The van der Waals surface area contributed by atoms with Crippen molar-refractivity contribution in [1.29, 1.82) is 0 Å². The molecule has 14 heavy (non-hydrogen) atoms. The first kappa shape index (κ1) is 10.2. The van der Waals surface area contributed by atoms with Gasteiger partial charge in [-0.3, -0.25) is 0 Å². The van der Waals surface area contributed by atoms with Gasteiger partial charge >= 0.3 is 0 Å². The molecule has 0 aromatic rings. The summed E-state index contributed by atoms with van der Waals surface area (Å²) < 4.78 is 6.31. The lowest BCUT2D eigenvalue weighted by molar-refractivity contribution is -0.0872. The highest BCUT2D eigenvalue weighted by Gasteiger charge is 2.54. The third-order valence-electron chi connectivity index (χ3n) is 4.22. The fourth-order valence-electron chi connectivity index (χ4n) is 2.78. The van der Waals surface area contributed by atoms with Gasteiger partial charge in [-0.15, -0.1) is 0 Å². The summed E-state index contributed by atoms with van der Waals surface area (Å²) in [4.78, 5) is 0. The van der Waals surface area contributed by atoms with Crippen LogP contribution >= 0.6 is 0 Å². The molecule has 1 unspecified atom stereocenters. The van der Waals surface area contributed by atoms with Crippen LogP contribution < -0.4 is 0 Å². The van der Waals surface area contributed by atoms with Crippen LogP contribution in [0.4, 0.5) is 0 Å². The van der Waals surface area contributed by atoms with Gasteiger partial charge in [0.25, 0.3) is 0 Å². The van der Waals surface area contributed by atoms with Crippen LogP contribution in [0.1, 0.15) is 53.4 Å². The van der Waals surface area contributed by atoms with E-state index in [2.05, 4.69) is 39.8 Å². The molecule has 1 aliphatic heterocycles. The van der Waals surface area contributed by atoms with Crippen molar-refractivity contribution in [2.24, 2.45) is 5.41 Å². The van der Waals surface area contributed by atoms with Gasteiger partial charge in [0.2, 0.25) is 0 Å². The first-order valence-electron chi connectivity index (χ1n) is 5.75. The summed E-state index contributed by atoms with van der Waals surface area (Å²) in [7, 11) is 0. The van der Waals surface area contributed by atoms with Crippen molar-refractivity contribution in [3.05, 3.63) is 12.2 Å². The molecule has 0 saturated carbocycles. The second kappa shape index (κ2) is 2.85. The monoisotopic (exact) mass is 194 g/mol. The standard InChI is InChI=1S/C13H22O/c1-11(2)10-13(14-12(11,3)4)8-6-5-7-9-13/h6,8H,5,7,9-10H2,1-4H3. The van der Waals surface area contributed by atoms with Crippen LogP contribution in [0, 0.1) is 5.41 Å². The van der Waals surface area contributed by atoms with Gasteiger partial charge < -0.3 is 4.74 Å². The lowest BCUT2D eigenvalue weighted by atomic mass is 9.72. The van der Waals surface area contributed by atoms with E-state index in [0.29, 0.717) is 0 Å². The molecule has 2 aliphatic rings. The Kier molecular flexibility index (Phi) is 2.08. The Bertz CT molecular complexity index is 244. The fourth-order valence-corrected chi connectivity index (χ4v) is 2.78. The summed E-state index contributed by atoms with van der Waals surface area (Å²) in [6, 6.07) is 0. The minimum Gasteiger partial charge on any atom is -0.364 e. The van der Waals surface area contributed by atoms with Gasteiger partial charge in [0.05, 0.1) is 11.2 Å². The highest BCUT2D eigenvalue weighted by atomic mass is 16.5. The molecule has 0 bridgehead atoms. The van der Waals surface area contributed by atoms with E-state index in [4.69, 9.17) is 4.74 Å². The SMILES string of the molecule is CC1(C)CC2(C=CCCC2)OC1(C)C. The largest absolute Gasteiger partial charge is 0.364 e. The van der Waals surface area contributed by atoms with Gasteiger partial charge in [-0.05, 0) is 44.9 Å². The topological polar surface area (TPSA) is 9.23 Å². The van der Waals surface area contributed by atoms with Crippen molar-refractivity contribution < 1.29 is 4.74 Å². The maximum Gasteiger partial charge on any atom is 0.0876 e. The van der Waals surface area contributed by atoms with Crippen LogP contribution in [0.25, 0.3) is 0 Å². The van der Waals surface area contributed by atoms with Crippen LogP contribution in [-0.4, -0.2) is 11.2 Å². The van der Waals surface area contributed by atoms with Crippen LogP contribution in [0.3, 0.4) is 0 Å². The number of hydrogen-bond acceptors (Lipinski definition) is 1. The Morgan fingerprint density at radius 2 is 1.86 bits per heavy atom. The van der Waals surface area contributed by atoms with E-state index in [-0.39, 0.29) is 16.6 Å². The third kappa shape index (κ3) is 1.42. The van der Waals surface area contributed by atoms with Crippen molar-refractivity contribution in [3.63, 3.8) is 0 Å². The summed E-state index contributed by atoms with van der Waals surface area (Å²) in [5.74, 6) is 0. The quantitative estimate of drug-likeness (QED) is 0.534. The Morgan fingerprint density at radius 3 is 2.29 bits per heavy atom. The maximum atomic E-state index is 6.31. The molecule has 2 rings (SSSR count). The van der Waals surface area contributed by atoms with E-state index in [0.717, 1.165) is 0 Å². The smallest absolute Gasteiger partial charge is 0.0876 e. The summed E-state index contributed by atoms with van der Waals surface area (Å²) >= 11 is 0. The Balaban J connectivity index is 2.27. The molecule has 0 N–H and O–H groups in total. The molecule has 1 spiro atoms. The van der Waals surface area contributed by atoms with E-state index < -0.39 is 0 Å². The first-order valence-corrected chi connectivity index (χ1v) is 5.75. The van der Waals surface area contributed by atoms with E-state index in [1.165, 1.54) is 25.7 Å². The summed E-state index contributed by atoms with van der Waals surface area (Å²) in [5, 5.41) is 0. The zero-order valence-electron chi connectivity index (χ0n) is 9.89. The third-order valence-corrected chi connectivity index (χ3v) is 4.22. The van der Waals surface area contributed by atoms with Crippen molar-refractivity contribution in [1.82, 2.24) is 0 Å². The van der Waals surface area contributed by atoms with Gasteiger partial charge in [-0.2, -0.15) is 0 Å². The molecule has 1 atom stereocenters. The van der Waals surface area contributed by atoms with Crippen LogP contribution in [-0.2, 0) is 4.74 Å². The van der Waals surface area contributed by atoms with Crippen molar-refractivity contribution in [2.45, 2.75) is 64.6 Å². The van der Waals surface area contributed by atoms with Crippen molar-refractivity contribution >= 4 is 0 Å². The maximum absolute atomic E-state index is 6.31. The van der Waals surface area contributed by atoms with Gasteiger partial charge in [0.15, 0.2) is 0 Å². The lowest BCUT2D eigenvalue weighted by Gasteiger charge is -2.33. The Morgan fingerprint density at radius 1 is 1.14 bits per heavy atom. The Hall–Kier alpha value is -0.300. The predicted molar refractivity (Wildman–Crippen MR) is 59.3 cm³/mol. The molecule has 1 heterocycles. The number of rotatable bonds is 0. The molecule has 0 radical (unpaired) electrons. The van der Waals surface area contributed by atoms with Crippen LogP contribution in [0.5, 0.6) is 0 Å². The van der Waals surface area contributed by atoms with Gasteiger partial charge in [0, 0.05) is 0 Å². The molecule has 1 saturated heterocycles. The zero-order chi connectivity index (χ0) is 10.4. The molecule has 1 heteroatoms. The van der Waals surface area contributed by atoms with Crippen LogP contribution in [0.15, 0.2) is 12.2 Å². The number of ether oxygens (including phenoxy) is 1. The molecule has 80 valence electrons. The molecule has 0 aromatic heterocycles. The molecular formula is C13H22O. The van der Waals surface area contributed by atoms with E-state index in [9.17, 15) is 0 Å². The average molecular weight is 194 g/mol. The second-order valence-electron chi connectivity index (χ2n) is 6.03. The molecule has 0 aromatic carbocycles. The fraction of sp³-hybridized carbons (Fsp3) is 0.846. The van der Waals surface area contributed by atoms with Gasteiger partial charge in [-0.25, -0.2) is 0 Å². The molecule has 1 aliphatic carbocycles. The summed E-state index contributed by atoms with van der Waals surface area (Å²) in [6.45, 7) is 9.10. The van der Waals surface area contributed by atoms with E-state index in [1.807, 2.05) is 0 Å². The molecule has 0 amide bonds. The lowest BCUT2D eigenvalue weighted by Crippen LogP contribution is -2.35. The number of allylic oxidation sites excluding steroid dienone is 1. The highest BCUT2D eigenvalue weighted by molar-refractivity contribution is 5.15. The molecule has 1 nitrogen and oxygen atoms in total. The van der Waals surface area contributed by atoms with Crippen molar-refractivity contribution in [3.8, 4) is 0 Å². The summed E-state index contributed by atoms with van der Waals surface area (Å²) in [5.41, 5.74) is 0.356. The van der Waals surface area contributed by atoms with Crippen LogP contribution in [0.2, 0.25) is 0 Å². The minimum absolute atomic E-state index is 0.00861. The minimum atomic E-state index is 0.00861. The van der Waals surface area contributed by atoms with Gasteiger partial charge in [-0.1, -0.05) is 26.0 Å². The van der Waals surface area contributed by atoms with E-state index in [1.54, 1.807) is 0 Å². The molecular weight excluding hydrogens is 172 g/mol. The second-order valence-corrected chi connectivity index (χ2v) is 6.03. The Labute approximate surface area is 87.5 Å². The molecule has 1 fully saturated rings. The summed E-state index contributed by atoms with van der Waals surface area (Å²) in [6.07, 6.45) is 9.49.